The molecule has 0 atom stereocenters. The molecule has 0 saturated heterocycles. The van der Waals surface area contributed by atoms with Gasteiger partial charge < -0.3 is 4.74 Å². The lowest BCUT2D eigenvalue weighted by molar-refractivity contribution is -0.140. The van der Waals surface area contributed by atoms with Crippen LogP contribution in [0.5, 0.6) is 0 Å². The van der Waals surface area contributed by atoms with E-state index in [1.54, 1.807) is 0 Å². The Labute approximate surface area is 179 Å². The van der Waals surface area contributed by atoms with E-state index in [4.69, 9.17) is 0 Å². The summed E-state index contributed by atoms with van der Waals surface area (Å²) in [7, 11) is 1.32. The summed E-state index contributed by atoms with van der Waals surface area (Å²) in [6, 6.07) is 8.29. The number of aromatic nitrogens is 2. The Balaban J connectivity index is 2.12. The van der Waals surface area contributed by atoms with Crippen LogP contribution < -0.4 is 11.2 Å². The molecule has 1 N–H and O–H groups in total. The Bertz CT molecular complexity index is 1180. The molecule has 0 unspecified atom stereocenters. The van der Waals surface area contributed by atoms with Crippen molar-refractivity contribution in [1.29, 1.82) is 0 Å². The summed E-state index contributed by atoms with van der Waals surface area (Å²) < 4.78 is 5.82. The maximum absolute atomic E-state index is 13.3. The number of carbonyl (C=O) groups excluding carboxylic acids is 1. The Morgan fingerprint density at radius 1 is 1.17 bits per heavy atom. The number of benzene rings is 1. The second-order valence-electron chi connectivity index (χ2n) is 8.35. The fourth-order valence-corrected chi connectivity index (χ4v) is 4.68. The number of carbonyl (C=O) groups is 1. The Kier molecular flexibility index (Phi) is 6.31. The van der Waals surface area contributed by atoms with Crippen molar-refractivity contribution in [2.75, 3.05) is 7.11 Å². The molecule has 0 radical (unpaired) electrons. The maximum Gasteiger partial charge on any atom is 0.329 e. The standard InChI is InChI=1S/C23H28N2O4S/c1-6-16-18(14-9-11-15(12-10-14)23(2,3)4)19-20(30-16)24-22(28)25(21(19)27)13-7-8-17(26)29-5/h9-12H,6-8,13H2,1-5H3,(H,24,28). The van der Waals surface area contributed by atoms with Crippen molar-refractivity contribution in [3.8, 4) is 11.1 Å². The van der Waals surface area contributed by atoms with Crippen LogP contribution in [0.25, 0.3) is 21.3 Å². The first-order valence-corrected chi connectivity index (χ1v) is 10.9. The lowest BCUT2D eigenvalue weighted by Crippen LogP contribution is -2.35. The van der Waals surface area contributed by atoms with E-state index < -0.39 is 5.69 Å². The molecule has 1 aromatic carbocycles. The zero-order valence-electron chi connectivity index (χ0n) is 18.1. The van der Waals surface area contributed by atoms with Gasteiger partial charge in [0.05, 0.1) is 12.5 Å². The van der Waals surface area contributed by atoms with Crippen molar-refractivity contribution in [3.63, 3.8) is 0 Å². The highest BCUT2D eigenvalue weighted by atomic mass is 32.1. The molecule has 3 aromatic rings. The number of methoxy groups -OCH3 is 1. The predicted octanol–water partition coefficient (Wildman–Crippen LogP) is 4.23. The number of aryl methyl sites for hydroxylation is 1. The second kappa shape index (κ2) is 8.60. The minimum atomic E-state index is -0.448. The summed E-state index contributed by atoms with van der Waals surface area (Å²) >= 11 is 1.45. The van der Waals surface area contributed by atoms with Crippen LogP contribution in [0.3, 0.4) is 0 Å². The highest BCUT2D eigenvalue weighted by Crippen LogP contribution is 2.37. The topological polar surface area (TPSA) is 81.2 Å². The number of fused-ring (bicyclic) bond motifs is 1. The van der Waals surface area contributed by atoms with Gasteiger partial charge >= 0.3 is 11.7 Å². The number of hydrogen-bond donors (Lipinski definition) is 1. The largest absolute Gasteiger partial charge is 0.469 e. The highest BCUT2D eigenvalue weighted by molar-refractivity contribution is 7.19. The molecule has 0 amide bonds. The molecule has 30 heavy (non-hydrogen) atoms. The quantitative estimate of drug-likeness (QED) is 0.596. The molecule has 2 aromatic heterocycles. The van der Waals surface area contributed by atoms with Gasteiger partial charge in [0.25, 0.3) is 5.56 Å². The number of esters is 1. The summed E-state index contributed by atoms with van der Waals surface area (Å²) in [6.45, 7) is 8.70. The van der Waals surface area contributed by atoms with Gasteiger partial charge in [-0.2, -0.15) is 0 Å². The van der Waals surface area contributed by atoms with Crippen LogP contribution in [0.15, 0.2) is 33.9 Å². The maximum atomic E-state index is 13.3. The number of nitrogens with zero attached hydrogens (tertiary/aromatic N) is 1. The van der Waals surface area contributed by atoms with Crippen molar-refractivity contribution >= 4 is 27.5 Å². The molecule has 6 nitrogen and oxygen atoms in total. The molecule has 160 valence electrons. The van der Waals surface area contributed by atoms with Crippen molar-refractivity contribution in [3.05, 3.63) is 55.5 Å². The van der Waals surface area contributed by atoms with E-state index in [9.17, 15) is 14.4 Å². The van der Waals surface area contributed by atoms with E-state index in [2.05, 4.69) is 42.6 Å². The minimum Gasteiger partial charge on any atom is -0.469 e. The lowest BCUT2D eigenvalue weighted by atomic mass is 9.86. The molecular weight excluding hydrogens is 400 g/mol. The van der Waals surface area contributed by atoms with E-state index in [1.807, 2.05) is 19.1 Å². The van der Waals surface area contributed by atoms with Gasteiger partial charge in [-0.15, -0.1) is 11.3 Å². The highest BCUT2D eigenvalue weighted by Gasteiger charge is 2.20. The van der Waals surface area contributed by atoms with Crippen LogP contribution >= 0.6 is 11.3 Å². The zero-order valence-corrected chi connectivity index (χ0v) is 18.9. The first-order valence-electron chi connectivity index (χ1n) is 10.1. The van der Waals surface area contributed by atoms with E-state index in [-0.39, 0.29) is 29.9 Å². The number of ether oxygens (including phenoxy) is 1. The summed E-state index contributed by atoms with van der Waals surface area (Å²) in [5.74, 6) is -0.357. The summed E-state index contributed by atoms with van der Waals surface area (Å²) in [5.41, 5.74) is 2.36. The van der Waals surface area contributed by atoms with Crippen molar-refractivity contribution in [2.24, 2.45) is 0 Å². The van der Waals surface area contributed by atoms with Crippen LogP contribution in [-0.2, 0) is 27.9 Å². The number of aromatic amines is 1. The van der Waals surface area contributed by atoms with E-state index in [1.165, 1.54) is 28.6 Å². The van der Waals surface area contributed by atoms with Crippen LogP contribution in [0.4, 0.5) is 0 Å². The molecule has 0 saturated carbocycles. The monoisotopic (exact) mass is 428 g/mol. The number of nitrogens with one attached hydrogen (secondary N) is 1. The minimum absolute atomic E-state index is 0.0421. The Morgan fingerprint density at radius 3 is 2.40 bits per heavy atom. The SMILES string of the molecule is CCc1sc2[nH]c(=O)n(CCCC(=O)OC)c(=O)c2c1-c1ccc(C(C)(C)C)cc1. The Hall–Kier alpha value is -2.67. The number of hydrogen-bond acceptors (Lipinski definition) is 5. The number of rotatable bonds is 6. The first-order chi connectivity index (χ1) is 14.2. The molecule has 0 aliphatic rings. The van der Waals surface area contributed by atoms with E-state index in [0.717, 1.165) is 22.4 Å². The molecule has 7 heteroatoms. The van der Waals surface area contributed by atoms with Gasteiger partial charge in [0.1, 0.15) is 4.83 Å². The van der Waals surface area contributed by atoms with Gasteiger partial charge in [-0.05, 0) is 29.4 Å². The van der Waals surface area contributed by atoms with Crippen LogP contribution in [-0.4, -0.2) is 22.6 Å². The molecule has 0 fully saturated rings. The van der Waals surface area contributed by atoms with Crippen molar-refractivity contribution in [1.82, 2.24) is 9.55 Å². The van der Waals surface area contributed by atoms with Crippen LogP contribution in [0.1, 0.15) is 51.0 Å². The predicted molar refractivity (Wildman–Crippen MR) is 121 cm³/mol. The van der Waals surface area contributed by atoms with Crippen LogP contribution in [0, 0.1) is 0 Å². The lowest BCUT2D eigenvalue weighted by Gasteiger charge is -2.19. The third-order valence-electron chi connectivity index (χ3n) is 5.26. The summed E-state index contributed by atoms with van der Waals surface area (Å²) in [5, 5.41) is 0.540. The molecular formula is C23H28N2O4S. The molecule has 3 rings (SSSR count). The third kappa shape index (κ3) is 4.26. The van der Waals surface area contributed by atoms with Gasteiger partial charge in [-0.3, -0.25) is 19.1 Å². The van der Waals surface area contributed by atoms with Gasteiger partial charge in [-0.1, -0.05) is 52.0 Å². The molecule has 0 bridgehead atoms. The average Bonchev–Trinajstić information content (AvgIpc) is 3.08. The van der Waals surface area contributed by atoms with E-state index in [0.29, 0.717) is 16.6 Å². The first kappa shape index (κ1) is 22.0. The second-order valence-corrected chi connectivity index (χ2v) is 9.46. The number of thiophene rings is 1. The van der Waals surface area contributed by atoms with Gasteiger partial charge in [0.15, 0.2) is 0 Å². The molecule has 0 spiro atoms. The van der Waals surface area contributed by atoms with Crippen molar-refractivity contribution < 1.29 is 9.53 Å². The smallest absolute Gasteiger partial charge is 0.329 e. The fourth-order valence-electron chi connectivity index (χ4n) is 3.54. The van der Waals surface area contributed by atoms with Crippen LogP contribution in [0.2, 0.25) is 0 Å². The fraction of sp³-hybridized carbons (Fsp3) is 0.435. The molecule has 0 aliphatic heterocycles. The molecule has 2 heterocycles. The summed E-state index contributed by atoms with van der Waals surface area (Å²) in [4.78, 5) is 41.7. The Morgan fingerprint density at radius 2 is 1.83 bits per heavy atom. The zero-order chi connectivity index (χ0) is 22.1. The van der Waals surface area contributed by atoms with Gasteiger partial charge in [-0.25, -0.2) is 4.79 Å². The summed E-state index contributed by atoms with van der Waals surface area (Å²) in [6.07, 6.45) is 1.28. The van der Waals surface area contributed by atoms with Gasteiger partial charge in [0.2, 0.25) is 0 Å². The van der Waals surface area contributed by atoms with E-state index >= 15 is 0 Å². The number of H-pyrrole nitrogens is 1. The molecule has 0 aliphatic carbocycles. The third-order valence-corrected chi connectivity index (χ3v) is 6.51. The normalized spacial score (nSPS) is 11.8. The average molecular weight is 429 g/mol. The van der Waals surface area contributed by atoms with Gasteiger partial charge in [0, 0.05) is 23.4 Å². The van der Waals surface area contributed by atoms with Crippen molar-refractivity contribution in [2.45, 2.75) is 58.9 Å².